The van der Waals surface area contributed by atoms with E-state index in [1.807, 2.05) is 6.92 Å². The summed E-state index contributed by atoms with van der Waals surface area (Å²) in [5.74, 6) is -0.872. The number of morpholine rings is 1. The van der Waals surface area contributed by atoms with Crippen LogP contribution in [0.1, 0.15) is 18.7 Å². The first-order valence-electron chi connectivity index (χ1n) is 7.00. The molecule has 1 saturated heterocycles. The number of nitrogens with zero attached hydrogens (tertiary/aromatic N) is 1. The number of rotatable bonds is 6. The minimum atomic E-state index is -1.99. The molecular formula is C15H20FNO4. The molecule has 2 rings (SSSR count). The van der Waals surface area contributed by atoms with Gasteiger partial charge in [-0.15, -0.1) is 0 Å². The summed E-state index contributed by atoms with van der Waals surface area (Å²) in [6.07, 6.45) is -1.75. The van der Waals surface area contributed by atoms with Crippen molar-refractivity contribution in [2.45, 2.75) is 19.2 Å². The number of halogens is 1. The maximum Gasteiger partial charge on any atom is 0.343 e. The van der Waals surface area contributed by atoms with Crippen molar-refractivity contribution < 1.29 is 23.8 Å². The van der Waals surface area contributed by atoms with Gasteiger partial charge < -0.3 is 14.6 Å². The van der Waals surface area contributed by atoms with Crippen LogP contribution in [0.5, 0.6) is 5.75 Å². The highest BCUT2D eigenvalue weighted by molar-refractivity contribution is 5.74. The van der Waals surface area contributed by atoms with Crippen LogP contribution >= 0.6 is 0 Å². The minimum Gasteiger partial charge on any atom is -0.492 e. The van der Waals surface area contributed by atoms with Crippen molar-refractivity contribution in [1.29, 1.82) is 0 Å². The van der Waals surface area contributed by atoms with E-state index in [2.05, 4.69) is 4.90 Å². The van der Waals surface area contributed by atoms with E-state index in [1.54, 1.807) is 12.1 Å². The van der Waals surface area contributed by atoms with Gasteiger partial charge in [-0.1, -0.05) is 12.1 Å². The van der Waals surface area contributed by atoms with Crippen molar-refractivity contribution >= 4 is 5.97 Å². The SMILES string of the molecule is C[C@H]1CN(CCOc2ccc(C(F)C(=O)O)cc2)CCO1. The zero-order valence-electron chi connectivity index (χ0n) is 12.0. The second kappa shape index (κ2) is 7.38. The molecule has 0 radical (unpaired) electrons. The monoisotopic (exact) mass is 297 g/mol. The van der Waals surface area contributed by atoms with Crippen LogP contribution in [0.3, 0.4) is 0 Å². The average Bonchev–Trinajstić information content (AvgIpc) is 2.47. The molecule has 0 saturated carbocycles. The van der Waals surface area contributed by atoms with Gasteiger partial charge in [0.1, 0.15) is 12.4 Å². The number of aliphatic carboxylic acids is 1. The van der Waals surface area contributed by atoms with Crippen molar-refractivity contribution in [3.8, 4) is 5.75 Å². The molecule has 1 aromatic carbocycles. The number of carboxylic acids is 1. The average molecular weight is 297 g/mol. The minimum absolute atomic E-state index is 0.122. The van der Waals surface area contributed by atoms with Gasteiger partial charge in [-0.3, -0.25) is 4.90 Å². The summed E-state index contributed by atoms with van der Waals surface area (Å²) in [7, 11) is 0. The summed E-state index contributed by atoms with van der Waals surface area (Å²) in [5, 5.41) is 8.59. The van der Waals surface area contributed by atoms with Crippen LogP contribution < -0.4 is 4.74 Å². The lowest BCUT2D eigenvalue weighted by Crippen LogP contribution is -2.42. The molecule has 1 aromatic rings. The van der Waals surface area contributed by atoms with Crippen LogP contribution in [0.4, 0.5) is 4.39 Å². The molecule has 1 unspecified atom stereocenters. The third-order valence-electron chi connectivity index (χ3n) is 3.39. The Kier molecular flexibility index (Phi) is 5.52. The van der Waals surface area contributed by atoms with Gasteiger partial charge in [0.05, 0.1) is 12.7 Å². The Hall–Kier alpha value is -1.66. The molecule has 116 valence electrons. The molecule has 1 heterocycles. The first-order chi connectivity index (χ1) is 10.1. The number of alkyl halides is 1. The van der Waals surface area contributed by atoms with Crippen LogP contribution in [-0.2, 0) is 9.53 Å². The predicted molar refractivity (Wildman–Crippen MR) is 75.3 cm³/mol. The lowest BCUT2D eigenvalue weighted by molar-refractivity contribution is -0.143. The van der Waals surface area contributed by atoms with Gasteiger partial charge in [-0.2, -0.15) is 0 Å². The summed E-state index contributed by atoms with van der Waals surface area (Å²) < 4.78 is 24.3. The normalized spacial score (nSPS) is 21.0. The Balaban J connectivity index is 1.77. The smallest absolute Gasteiger partial charge is 0.343 e. The van der Waals surface area contributed by atoms with Crippen molar-refractivity contribution in [2.24, 2.45) is 0 Å². The molecule has 1 N–H and O–H groups in total. The summed E-state index contributed by atoms with van der Waals surface area (Å²) in [6.45, 7) is 5.91. The molecule has 0 aromatic heterocycles. The van der Waals surface area contributed by atoms with Crippen LogP contribution in [-0.4, -0.2) is 54.9 Å². The molecule has 5 nitrogen and oxygen atoms in total. The second-order valence-corrected chi connectivity index (χ2v) is 5.10. The summed E-state index contributed by atoms with van der Waals surface area (Å²) in [4.78, 5) is 12.8. The van der Waals surface area contributed by atoms with Gasteiger partial charge in [0, 0.05) is 19.6 Å². The first kappa shape index (κ1) is 15.7. The highest BCUT2D eigenvalue weighted by Gasteiger charge is 2.18. The Morgan fingerprint density at radius 3 is 2.86 bits per heavy atom. The van der Waals surface area contributed by atoms with E-state index in [9.17, 15) is 9.18 Å². The number of carbonyl (C=O) groups is 1. The van der Waals surface area contributed by atoms with E-state index in [0.29, 0.717) is 12.4 Å². The zero-order chi connectivity index (χ0) is 15.2. The van der Waals surface area contributed by atoms with Gasteiger partial charge in [0.25, 0.3) is 0 Å². The number of carboxylic acid groups (broad SMARTS) is 1. The highest BCUT2D eigenvalue weighted by Crippen LogP contribution is 2.20. The van der Waals surface area contributed by atoms with E-state index in [4.69, 9.17) is 14.6 Å². The molecule has 1 fully saturated rings. The van der Waals surface area contributed by atoms with Crippen molar-refractivity contribution in [1.82, 2.24) is 4.90 Å². The van der Waals surface area contributed by atoms with Gasteiger partial charge in [-0.25, -0.2) is 9.18 Å². The van der Waals surface area contributed by atoms with E-state index in [0.717, 1.165) is 26.2 Å². The molecule has 0 bridgehead atoms. The van der Waals surface area contributed by atoms with E-state index < -0.39 is 12.1 Å². The summed E-state index contributed by atoms with van der Waals surface area (Å²) in [6, 6.07) is 6.05. The Labute approximate surface area is 123 Å². The molecule has 1 aliphatic heterocycles. The van der Waals surface area contributed by atoms with Gasteiger partial charge in [0.15, 0.2) is 0 Å². The Morgan fingerprint density at radius 1 is 1.52 bits per heavy atom. The molecule has 1 aliphatic rings. The molecule has 0 aliphatic carbocycles. The predicted octanol–water partition coefficient (Wildman–Crippen LogP) is 1.88. The summed E-state index contributed by atoms with van der Waals surface area (Å²) in [5.41, 5.74) is 0.122. The largest absolute Gasteiger partial charge is 0.492 e. The number of ether oxygens (including phenoxy) is 2. The number of benzene rings is 1. The quantitative estimate of drug-likeness (QED) is 0.869. The number of hydrogen-bond acceptors (Lipinski definition) is 4. The Morgan fingerprint density at radius 2 is 2.24 bits per heavy atom. The fourth-order valence-electron chi connectivity index (χ4n) is 2.26. The van der Waals surface area contributed by atoms with Gasteiger partial charge >= 0.3 is 5.97 Å². The highest BCUT2D eigenvalue weighted by atomic mass is 19.1. The topological polar surface area (TPSA) is 59.0 Å². The number of hydrogen-bond donors (Lipinski definition) is 1. The standard InChI is InChI=1S/C15H20FNO4/c1-11-10-17(6-8-20-11)7-9-21-13-4-2-12(3-5-13)14(16)15(18)19/h2-5,11,14H,6-10H2,1H3,(H,18,19)/t11-,14?/m0/s1. The zero-order valence-corrected chi connectivity index (χ0v) is 12.0. The van der Waals surface area contributed by atoms with Crippen molar-refractivity contribution in [3.63, 3.8) is 0 Å². The molecule has 6 heteroatoms. The third-order valence-corrected chi connectivity index (χ3v) is 3.39. The van der Waals surface area contributed by atoms with Gasteiger partial charge in [0.2, 0.25) is 6.17 Å². The first-order valence-corrected chi connectivity index (χ1v) is 7.00. The maximum absolute atomic E-state index is 13.3. The summed E-state index contributed by atoms with van der Waals surface area (Å²) >= 11 is 0. The fraction of sp³-hybridized carbons (Fsp3) is 0.533. The van der Waals surface area contributed by atoms with E-state index in [1.165, 1.54) is 12.1 Å². The van der Waals surface area contributed by atoms with Crippen molar-refractivity contribution in [2.75, 3.05) is 32.8 Å². The van der Waals surface area contributed by atoms with Crippen LogP contribution in [0.25, 0.3) is 0 Å². The molecule has 2 atom stereocenters. The van der Waals surface area contributed by atoms with Crippen LogP contribution in [0, 0.1) is 0 Å². The maximum atomic E-state index is 13.3. The van der Waals surface area contributed by atoms with Crippen LogP contribution in [0.2, 0.25) is 0 Å². The van der Waals surface area contributed by atoms with Crippen LogP contribution in [0.15, 0.2) is 24.3 Å². The fourth-order valence-corrected chi connectivity index (χ4v) is 2.26. The lowest BCUT2D eigenvalue weighted by Gasteiger charge is -2.30. The molecule has 0 spiro atoms. The van der Waals surface area contributed by atoms with Crippen molar-refractivity contribution in [3.05, 3.63) is 29.8 Å². The second-order valence-electron chi connectivity index (χ2n) is 5.10. The lowest BCUT2D eigenvalue weighted by atomic mass is 10.1. The third kappa shape index (κ3) is 4.68. The Bertz CT molecular complexity index is 465. The van der Waals surface area contributed by atoms with E-state index in [-0.39, 0.29) is 11.7 Å². The van der Waals surface area contributed by atoms with E-state index >= 15 is 0 Å². The molecule has 0 amide bonds. The molecule has 21 heavy (non-hydrogen) atoms. The van der Waals surface area contributed by atoms with Gasteiger partial charge in [-0.05, 0) is 24.6 Å². The molecular weight excluding hydrogens is 277 g/mol.